The number of pyridine rings is 1. The topological polar surface area (TPSA) is 49.8 Å². The summed E-state index contributed by atoms with van der Waals surface area (Å²) in [5.41, 5.74) is 8.04. The predicted molar refractivity (Wildman–Crippen MR) is 81.9 cm³/mol. The first-order valence-electron chi connectivity index (χ1n) is 7.19. The molecular weight excluding hydrogens is 250 g/mol. The van der Waals surface area contributed by atoms with Crippen molar-refractivity contribution in [2.75, 3.05) is 32.1 Å². The maximum absolute atomic E-state index is 5.96. The van der Waals surface area contributed by atoms with E-state index in [1.165, 1.54) is 0 Å². The Balaban J connectivity index is 1.99. The fourth-order valence-corrected chi connectivity index (χ4v) is 3.27. The lowest BCUT2D eigenvalue weighted by Gasteiger charge is -2.22. The van der Waals surface area contributed by atoms with E-state index in [-0.39, 0.29) is 0 Å². The Morgan fingerprint density at radius 1 is 1.35 bits per heavy atom. The van der Waals surface area contributed by atoms with E-state index in [2.05, 4.69) is 35.2 Å². The second-order valence-corrected chi connectivity index (χ2v) is 5.93. The average molecular weight is 273 g/mol. The fourth-order valence-electron chi connectivity index (χ4n) is 3.27. The van der Waals surface area contributed by atoms with Gasteiger partial charge in [-0.05, 0) is 32.1 Å². The highest BCUT2D eigenvalue weighted by molar-refractivity contribution is 5.56. The highest BCUT2D eigenvalue weighted by Gasteiger charge is 2.33. The Morgan fingerprint density at radius 2 is 2.15 bits per heavy atom. The van der Waals surface area contributed by atoms with Gasteiger partial charge in [0.25, 0.3) is 0 Å². The van der Waals surface area contributed by atoms with Crippen LogP contribution >= 0.6 is 0 Å². The molecule has 5 nitrogen and oxygen atoms in total. The van der Waals surface area contributed by atoms with Crippen LogP contribution in [0.2, 0.25) is 0 Å². The molecule has 0 aliphatic carbocycles. The standard InChI is InChI=1S/C15H23N5/c1-11-9-19(10-13(11)18(2)3)15-12(8-16)20-7-5-4-6-14(20)17-15/h4-7,11,13H,8-10,16H2,1-3H3. The summed E-state index contributed by atoms with van der Waals surface area (Å²) in [6, 6.07) is 6.64. The lowest BCUT2D eigenvalue weighted by Crippen LogP contribution is -2.34. The number of nitrogens with zero attached hydrogens (tertiary/aromatic N) is 4. The van der Waals surface area contributed by atoms with Crippen LogP contribution in [-0.4, -0.2) is 47.5 Å². The Bertz CT molecular complexity index is 603. The average Bonchev–Trinajstić information content (AvgIpc) is 2.98. The number of rotatable bonds is 3. The van der Waals surface area contributed by atoms with Gasteiger partial charge >= 0.3 is 0 Å². The van der Waals surface area contributed by atoms with Gasteiger partial charge in [-0.1, -0.05) is 13.0 Å². The van der Waals surface area contributed by atoms with Crippen LogP contribution in [0.4, 0.5) is 5.82 Å². The number of imidazole rings is 1. The molecule has 0 bridgehead atoms. The second-order valence-electron chi connectivity index (χ2n) is 5.93. The Kier molecular flexibility index (Phi) is 3.40. The Hall–Kier alpha value is -1.59. The van der Waals surface area contributed by atoms with Crippen molar-refractivity contribution in [3.8, 4) is 0 Å². The van der Waals surface area contributed by atoms with Crippen molar-refractivity contribution in [1.82, 2.24) is 14.3 Å². The highest BCUT2D eigenvalue weighted by Crippen LogP contribution is 2.28. The molecule has 2 aromatic rings. The lowest BCUT2D eigenvalue weighted by molar-refractivity contribution is 0.266. The van der Waals surface area contributed by atoms with Crippen molar-refractivity contribution in [1.29, 1.82) is 0 Å². The van der Waals surface area contributed by atoms with E-state index in [0.29, 0.717) is 18.5 Å². The maximum Gasteiger partial charge on any atom is 0.152 e. The minimum atomic E-state index is 0.512. The molecule has 2 unspecified atom stereocenters. The smallest absolute Gasteiger partial charge is 0.152 e. The largest absolute Gasteiger partial charge is 0.353 e. The first kappa shape index (κ1) is 13.4. The monoisotopic (exact) mass is 273 g/mol. The van der Waals surface area contributed by atoms with Crippen molar-refractivity contribution >= 4 is 11.5 Å². The minimum absolute atomic E-state index is 0.512. The minimum Gasteiger partial charge on any atom is -0.353 e. The van der Waals surface area contributed by atoms with Gasteiger partial charge in [0, 0.05) is 31.9 Å². The van der Waals surface area contributed by atoms with Crippen LogP contribution in [0.5, 0.6) is 0 Å². The third-order valence-electron chi connectivity index (χ3n) is 4.34. The van der Waals surface area contributed by atoms with Gasteiger partial charge in [-0.2, -0.15) is 0 Å². The first-order valence-corrected chi connectivity index (χ1v) is 7.19. The van der Waals surface area contributed by atoms with Crippen molar-refractivity contribution < 1.29 is 0 Å². The number of nitrogens with two attached hydrogens (primary N) is 1. The second kappa shape index (κ2) is 5.07. The van der Waals surface area contributed by atoms with Gasteiger partial charge in [-0.15, -0.1) is 0 Å². The molecule has 3 rings (SSSR count). The summed E-state index contributed by atoms with van der Waals surface area (Å²) in [4.78, 5) is 9.47. The van der Waals surface area contributed by atoms with Gasteiger partial charge in [0.05, 0.1) is 5.69 Å². The molecule has 1 fully saturated rings. The van der Waals surface area contributed by atoms with E-state index in [1.807, 2.05) is 24.4 Å². The van der Waals surface area contributed by atoms with Crippen molar-refractivity contribution in [2.24, 2.45) is 11.7 Å². The van der Waals surface area contributed by atoms with E-state index in [0.717, 1.165) is 30.2 Å². The van der Waals surface area contributed by atoms with E-state index >= 15 is 0 Å². The normalized spacial score (nSPS) is 23.1. The summed E-state index contributed by atoms with van der Waals surface area (Å²) >= 11 is 0. The summed E-state index contributed by atoms with van der Waals surface area (Å²) in [6.45, 7) is 4.88. The SMILES string of the molecule is CC1CN(c2nc3ccccn3c2CN)CC1N(C)C. The molecule has 2 aromatic heterocycles. The Labute approximate surface area is 120 Å². The molecule has 2 N–H and O–H groups in total. The van der Waals surface area contributed by atoms with Crippen LogP contribution in [0.25, 0.3) is 5.65 Å². The molecule has 1 aliphatic heterocycles. The molecule has 0 amide bonds. The molecule has 0 saturated carbocycles. The van der Waals surface area contributed by atoms with Crippen LogP contribution in [0.15, 0.2) is 24.4 Å². The first-order chi connectivity index (χ1) is 9.61. The van der Waals surface area contributed by atoms with Crippen LogP contribution in [-0.2, 0) is 6.54 Å². The quantitative estimate of drug-likeness (QED) is 0.912. The molecule has 0 aromatic carbocycles. The van der Waals surface area contributed by atoms with Crippen molar-refractivity contribution in [3.63, 3.8) is 0 Å². The summed E-state index contributed by atoms with van der Waals surface area (Å²) in [6.07, 6.45) is 2.04. The number of likely N-dealkylation sites (N-methyl/N-ethyl adjacent to an activating group) is 1. The highest BCUT2D eigenvalue weighted by atomic mass is 15.3. The van der Waals surface area contributed by atoms with Gasteiger partial charge in [0.1, 0.15) is 5.65 Å². The third kappa shape index (κ3) is 2.07. The Morgan fingerprint density at radius 3 is 2.80 bits per heavy atom. The maximum atomic E-state index is 5.96. The number of hydrogen-bond donors (Lipinski definition) is 1. The molecule has 3 heterocycles. The molecular formula is C15H23N5. The number of fused-ring (bicyclic) bond motifs is 1. The molecule has 5 heteroatoms. The van der Waals surface area contributed by atoms with E-state index in [9.17, 15) is 0 Å². The van der Waals surface area contributed by atoms with Gasteiger partial charge in [-0.3, -0.25) is 0 Å². The predicted octanol–water partition coefficient (Wildman–Crippen LogP) is 1.18. The van der Waals surface area contributed by atoms with Gasteiger partial charge in [0.15, 0.2) is 5.82 Å². The molecule has 0 spiro atoms. The molecule has 2 atom stereocenters. The number of hydrogen-bond acceptors (Lipinski definition) is 4. The van der Waals surface area contributed by atoms with Gasteiger partial charge < -0.3 is 19.9 Å². The van der Waals surface area contributed by atoms with E-state index in [4.69, 9.17) is 10.7 Å². The van der Waals surface area contributed by atoms with Crippen LogP contribution in [0.3, 0.4) is 0 Å². The zero-order chi connectivity index (χ0) is 14.3. The molecule has 20 heavy (non-hydrogen) atoms. The molecule has 1 aliphatic rings. The van der Waals surface area contributed by atoms with Crippen LogP contribution in [0.1, 0.15) is 12.6 Å². The van der Waals surface area contributed by atoms with Crippen LogP contribution in [0, 0.1) is 5.92 Å². The van der Waals surface area contributed by atoms with Crippen LogP contribution < -0.4 is 10.6 Å². The lowest BCUT2D eigenvalue weighted by atomic mass is 10.1. The van der Waals surface area contributed by atoms with Crippen molar-refractivity contribution in [3.05, 3.63) is 30.1 Å². The molecule has 108 valence electrons. The fraction of sp³-hybridized carbons (Fsp3) is 0.533. The molecule has 1 saturated heterocycles. The van der Waals surface area contributed by atoms with Crippen molar-refractivity contribution in [2.45, 2.75) is 19.5 Å². The van der Waals surface area contributed by atoms with Gasteiger partial charge in [-0.25, -0.2) is 4.98 Å². The summed E-state index contributed by atoms with van der Waals surface area (Å²) < 4.78 is 2.10. The number of aromatic nitrogens is 2. The zero-order valence-electron chi connectivity index (χ0n) is 12.5. The summed E-state index contributed by atoms with van der Waals surface area (Å²) in [5.74, 6) is 1.69. The van der Waals surface area contributed by atoms with Gasteiger partial charge in [0.2, 0.25) is 0 Å². The zero-order valence-corrected chi connectivity index (χ0v) is 12.5. The van der Waals surface area contributed by atoms with E-state index < -0.39 is 0 Å². The third-order valence-corrected chi connectivity index (χ3v) is 4.34. The van der Waals surface area contributed by atoms with E-state index in [1.54, 1.807) is 0 Å². The summed E-state index contributed by atoms with van der Waals surface area (Å²) in [5, 5.41) is 0. The molecule has 0 radical (unpaired) electrons. The number of anilines is 1. The summed E-state index contributed by atoms with van der Waals surface area (Å²) in [7, 11) is 4.30.